The number of aromatic nitrogens is 4. The van der Waals surface area contributed by atoms with Crippen LogP contribution in [0.1, 0.15) is 0 Å². The predicted octanol–water partition coefficient (Wildman–Crippen LogP) is 16.4. The van der Waals surface area contributed by atoms with E-state index in [0.29, 0.717) is 0 Å². The summed E-state index contributed by atoms with van der Waals surface area (Å²) in [4.78, 5) is 0. The molecular formula is C60H36N4S. The van der Waals surface area contributed by atoms with E-state index in [1.54, 1.807) is 0 Å². The Kier molecular flexibility index (Phi) is 7.07. The zero-order valence-corrected chi connectivity index (χ0v) is 35.8. The minimum Gasteiger partial charge on any atom is -0.309 e. The van der Waals surface area contributed by atoms with Gasteiger partial charge in [-0.15, -0.1) is 11.3 Å². The number of para-hydroxylation sites is 6. The Balaban J connectivity index is 0.963. The van der Waals surface area contributed by atoms with Gasteiger partial charge in [-0.3, -0.25) is 0 Å². The highest BCUT2D eigenvalue weighted by molar-refractivity contribution is 7.26. The van der Waals surface area contributed by atoms with Crippen molar-refractivity contribution in [3.8, 4) is 22.7 Å². The fourth-order valence-electron chi connectivity index (χ4n) is 11.3. The molecule has 5 heteroatoms. The van der Waals surface area contributed by atoms with E-state index in [0.717, 1.165) is 11.4 Å². The van der Waals surface area contributed by atoms with Crippen LogP contribution in [0.2, 0.25) is 0 Å². The summed E-state index contributed by atoms with van der Waals surface area (Å²) >= 11 is 1.89. The average molecular weight is 845 g/mol. The van der Waals surface area contributed by atoms with Gasteiger partial charge in [0, 0.05) is 69.9 Å². The molecule has 0 radical (unpaired) electrons. The van der Waals surface area contributed by atoms with Crippen molar-refractivity contribution in [2.75, 3.05) is 0 Å². The molecule has 0 spiro atoms. The Hall–Kier alpha value is -8.38. The molecule has 4 nitrogen and oxygen atoms in total. The minimum atomic E-state index is 1.14. The molecule has 0 saturated heterocycles. The number of hydrogen-bond donors (Lipinski definition) is 0. The molecule has 15 aromatic rings. The van der Waals surface area contributed by atoms with Crippen molar-refractivity contribution in [2.24, 2.45) is 0 Å². The highest BCUT2D eigenvalue weighted by atomic mass is 32.1. The van der Waals surface area contributed by atoms with E-state index in [-0.39, 0.29) is 0 Å². The highest BCUT2D eigenvalue weighted by Crippen LogP contribution is 2.46. The zero-order chi connectivity index (χ0) is 42.3. The first-order valence-electron chi connectivity index (χ1n) is 22.3. The van der Waals surface area contributed by atoms with Crippen molar-refractivity contribution < 1.29 is 0 Å². The normalized spacial score (nSPS) is 12.3. The lowest BCUT2D eigenvalue weighted by molar-refractivity contribution is 1.16. The number of fused-ring (bicyclic) bond motifs is 15. The molecule has 0 amide bonds. The third-order valence-electron chi connectivity index (χ3n) is 14.0. The maximum atomic E-state index is 2.51. The standard InChI is InChI=1S/C60H36N4S/c1-8-22-48-39(15-1)40-16-2-9-23-49(40)61(48)37-29-31-54-46(35-37)43-19-5-10-24-50(43)62(54)38-30-32-55-47(36-38)44-20-6-13-27-53(44)63(55)56-33-34-57(60-59(56)45-21-7-14-28-58(45)65-60)64-51-25-11-3-17-41(51)42-18-4-12-26-52(42)64/h1-36H. The Bertz CT molecular complexity index is 4380. The molecule has 302 valence electrons. The molecule has 0 aliphatic heterocycles. The predicted molar refractivity (Wildman–Crippen MR) is 277 cm³/mol. The van der Waals surface area contributed by atoms with Crippen LogP contribution in [0.25, 0.3) is 130 Å². The first-order chi connectivity index (χ1) is 32.3. The van der Waals surface area contributed by atoms with Crippen LogP contribution in [0.15, 0.2) is 218 Å². The summed E-state index contributed by atoms with van der Waals surface area (Å²) in [5.74, 6) is 0. The molecular weight excluding hydrogens is 809 g/mol. The number of thiophene rings is 1. The van der Waals surface area contributed by atoms with E-state index >= 15 is 0 Å². The van der Waals surface area contributed by atoms with Crippen LogP contribution in [-0.2, 0) is 0 Å². The van der Waals surface area contributed by atoms with Crippen LogP contribution in [0.3, 0.4) is 0 Å². The third kappa shape index (κ3) is 4.74. The summed E-state index contributed by atoms with van der Waals surface area (Å²) < 4.78 is 12.4. The van der Waals surface area contributed by atoms with Gasteiger partial charge >= 0.3 is 0 Å². The van der Waals surface area contributed by atoms with E-state index in [4.69, 9.17) is 0 Å². The van der Waals surface area contributed by atoms with Gasteiger partial charge in [0.2, 0.25) is 0 Å². The molecule has 0 aliphatic rings. The van der Waals surface area contributed by atoms with Gasteiger partial charge < -0.3 is 18.3 Å². The summed E-state index contributed by atoms with van der Waals surface area (Å²) in [6.07, 6.45) is 0. The van der Waals surface area contributed by atoms with Crippen LogP contribution in [-0.4, -0.2) is 18.3 Å². The SMILES string of the molecule is c1ccc2c(c1)sc1c(-n3c4ccccc4c4ccccc43)ccc(-n3c4ccccc4c4cc(-n5c6ccccc6c6cc(-n7c8ccccc8c8ccccc87)ccc65)ccc43)c12. The maximum Gasteiger partial charge on any atom is 0.0642 e. The maximum absolute atomic E-state index is 2.51. The topological polar surface area (TPSA) is 19.7 Å². The summed E-state index contributed by atoms with van der Waals surface area (Å²) in [6, 6.07) is 80.6. The van der Waals surface area contributed by atoms with Crippen LogP contribution in [0, 0.1) is 0 Å². The molecule has 0 atom stereocenters. The lowest BCUT2D eigenvalue weighted by atomic mass is 10.1. The van der Waals surface area contributed by atoms with E-state index in [1.807, 2.05) is 11.3 Å². The minimum absolute atomic E-state index is 1.14. The van der Waals surface area contributed by atoms with Crippen molar-refractivity contribution in [1.82, 2.24) is 18.3 Å². The molecule has 0 unspecified atom stereocenters. The van der Waals surface area contributed by atoms with E-state index in [2.05, 4.69) is 237 Å². The molecule has 5 aromatic heterocycles. The van der Waals surface area contributed by atoms with Gasteiger partial charge in [0.1, 0.15) is 0 Å². The second kappa shape index (κ2) is 13.1. The first-order valence-corrected chi connectivity index (χ1v) is 23.1. The van der Waals surface area contributed by atoms with Gasteiger partial charge in [0.05, 0.1) is 60.2 Å². The molecule has 5 heterocycles. The molecule has 0 saturated carbocycles. The second-order valence-corrected chi connectivity index (χ2v) is 18.3. The highest BCUT2D eigenvalue weighted by Gasteiger charge is 2.23. The van der Waals surface area contributed by atoms with Crippen LogP contribution in [0.4, 0.5) is 0 Å². The number of benzene rings is 10. The monoisotopic (exact) mass is 844 g/mol. The number of hydrogen-bond acceptors (Lipinski definition) is 1. The quantitative estimate of drug-likeness (QED) is 0.168. The number of nitrogens with zero attached hydrogens (tertiary/aromatic N) is 4. The lowest BCUT2D eigenvalue weighted by Crippen LogP contribution is -1.99. The summed E-state index contributed by atoms with van der Waals surface area (Å²) in [6.45, 7) is 0. The zero-order valence-electron chi connectivity index (χ0n) is 35.0. The third-order valence-corrected chi connectivity index (χ3v) is 15.1. The van der Waals surface area contributed by atoms with Crippen molar-refractivity contribution in [1.29, 1.82) is 0 Å². The smallest absolute Gasteiger partial charge is 0.0642 e. The van der Waals surface area contributed by atoms with Crippen molar-refractivity contribution >= 4 is 119 Å². The van der Waals surface area contributed by atoms with Gasteiger partial charge in [0.25, 0.3) is 0 Å². The van der Waals surface area contributed by atoms with Gasteiger partial charge in [-0.1, -0.05) is 127 Å². The van der Waals surface area contributed by atoms with Crippen molar-refractivity contribution in [2.45, 2.75) is 0 Å². The van der Waals surface area contributed by atoms with Crippen molar-refractivity contribution in [3.05, 3.63) is 218 Å². The molecule has 0 N–H and O–H groups in total. The van der Waals surface area contributed by atoms with Gasteiger partial charge in [0.15, 0.2) is 0 Å². The van der Waals surface area contributed by atoms with Gasteiger partial charge in [-0.05, 0) is 91.0 Å². The van der Waals surface area contributed by atoms with Crippen molar-refractivity contribution in [3.63, 3.8) is 0 Å². The Morgan fingerprint density at radius 1 is 0.246 bits per heavy atom. The largest absolute Gasteiger partial charge is 0.309 e. The molecule has 0 fully saturated rings. The fraction of sp³-hybridized carbons (Fsp3) is 0. The molecule has 15 rings (SSSR count). The van der Waals surface area contributed by atoms with E-state index in [9.17, 15) is 0 Å². The van der Waals surface area contributed by atoms with Crippen LogP contribution in [0.5, 0.6) is 0 Å². The second-order valence-electron chi connectivity index (χ2n) is 17.3. The Labute approximate surface area is 376 Å². The molecule has 10 aromatic carbocycles. The lowest BCUT2D eigenvalue weighted by Gasteiger charge is -2.15. The van der Waals surface area contributed by atoms with Gasteiger partial charge in [-0.2, -0.15) is 0 Å². The fourth-order valence-corrected chi connectivity index (χ4v) is 12.5. The van der Waals surface area contributed by atoms with Crippen LogP contribution >= 0.6 is 11.3 Å². The number of rotatable bonds is 4. The Morgan fingerprint density at radius 2 is 0.569 bits per heavy atom. The van der Waals surface area contributed by atoms with E-state index in [1.165, 1.54) is 119 Å². The molecule has 65 heavy (non-hydrogen) atoms. The summed E-state index contributed by atoms with van der Waals surface area (Å²) in [5, 5.41) is 12.6. The Morgan fingerprint density at radius 3 is 1.03 bits per heavy atom. The van der Waals surface area contributed by atoms with Gasteiger partial charge in [-0.25, -0.2) is 0 Å². The molecule has 0 aliphatic carbocycles. The summed E-state index contributed by atoms with van der Waals surface area (Å²) in [5.41, 5.74) is 14.3. The first kappa shape index (κ1) is 35.1. The molecule has 0 bridgehead atoms. The van der Waals surface area contributed by atoms with Crippen LogP contribution < -0.4 is 0 Å². The average Bonchev–Trinajstić information content (AvgIpc) is 4.17. The van der Waals surface area contributed by atoms with E-state index < -0.39 is 0 Å². The summed E-state index contributed by atoms with van der Waals surface area (Å²) in [7, 11) is 0.